The molecule has 4 aliphatic rings. The molecule has 0 aliphatic carbocycles. The first kappa shape index (κ1) is 19.2. The number of likely N-dealkylation sites (tertiary alicyclic amines) is 2. The Kier molecular flexibility index (Phi) is 4.76. The maximum Gasteiger partial charge on any atom is 0.248 e. The van der Waals surface area contributed by atoms with Gasteiger partial charge in [-0.15, -0.1) is 0 Å². The van der Waals surface area contributed by atoms with E-state index in [4.69, 9.17) is 14.2 Å². The van der Waals surface area contributed by atoms with Crippen molar-refractivity contribution in [2.75, 3.05) is 52.7 Å². The summed E-state index contributed by atoms with van der Waals surface area (Å²) in [7, 11) is 0. The second-order valence-corrected chi connectivity index (χ2v) is 9.94. The van der Waals surface area contributed by atoms with Crippen molar-refractivity contribution in [1.82, 2.24) is 9.80 Å². The number of carbonyl (C=O) groups is 2. The third-order valence-electron chi connectivity index (χ3n) is 7.16. The fraction of sp³-hybridized carbons (Fsp3) is 0.900. The molecule has 0 aromatic carbocycles. The van der Waals surface area contributed by atoms with Crippen LogP contribution in [0, 0.1) is 22.7 Å². The van der Waals surface area contributed by atoms with Crippen molar-refractivity contribution in [2.45, 2.75) is 39.8 Å². The van der Waals surface area contributed by atoms with Gasteiger partial charge in [0.05, 0.1) is 38.5 Å². The first-order valence-electron chi connectivity index (χ1n) is 10.0. The molecule has 7 heteroatoms. The van der Waals surface area contributed by atoms with Crippen LogP contribution in [0.3, 0.4) is 0 Å². The normalized spacial score (nSPS) is 36.1. The van der Waals surface area contributed by atoms with Crippen LogP contribution in [0.25, 0.3) is 0 Å². The predicted octanol–water partition coefficient (Wildman–Crippen LogP) is 0.770. The molecular formula is C20H32N2O5. The molecule has 2 amide bonds. The Morgan fingerprint density at radius 1 is 0.815 bits per heavy atom. The summed E-state index contributed by atoms with van der Waals surface area (Å²) < 4.78 is 16.7. The van der Waals surface area contributed by atoms with E-state index in [1.807, 2.05) is 9.80 Å². The van der Waals surface area contributed by atoms with Crippen LogP contribution in [-0.2, 0) is 23.8 Å². The van der Waals surface area contributed by atoms with Crippen molar-refractivity contribution >= 4 is 11.8 Å². The average molecular weight is 380 g/mol. The van der Waals surface area contributed by atoms with Crippen LogP contribution < -0.4 is 0 Å². The second-order valence-electron chi connectivity index (χ2n) is 9.94. The van der Waals surface area contributed by atoms with Crippen LogP contribution >= 0.6 is 0 Å². The standard InChI is InChI=1S/C20H32N2O5/c1-19(2)11-21(15-7-25-5-13(15)19)17(23)9-27-10-18(24)22-12-20(3,4)14-6-26-8-16(14)22/h13-16H,5-12H2,1-4H3/t13-,14+,15+,16-. The van der Waals surface area contributed by atoms with E-state index in [0.717, 1.165) is 26.3 Å². The number of hydrogen-bond donors (Lipinski definition) is 0. The van der Waals surface area contributed by atoms with Gasteiger partial charge in [0.25, 0.3) is 0 Å². The van der Waals surface area contributed by atoms with Crippen molar-refractivity contribution in [1.29, 1.82) is 0 Å². The zero-order valence-electron chi connectivity index (χ0n) is 16.9. The fourth-order valence-electron chi connectivity index (χ4n) is 5.48. The molecule has 152 valence electrons. The summed E-state index contributed by atoms with van der Waals surface area (Å²) >= 11 is 0. The van der Waals surface area contributed by atoms with E-state index < -0.39 is 0 Å². The highest BCUT2D eigenvalue weighted by molar-refractivity contribution is 5.80. The van der Waals surface area contributed by atoms with Gasteiger partial charge in [0, 0.05) is 24.9 Å². The Labute approximate surface area is 161 Å². The van der Waals surface area contributed by atoms with Crippen LogP contribution in [0.1, 0.15) is 27.7 Å². The lowest BCUT2D eigenvalue weighted by atomic mass is 9.80. The van der Waals surface area contributed by atoms with E-state index in [-0.39, 0.29) is 47.9 Å². The van der Waals surface area contributed by atoms with Gasteiger partial charge < -0.3 is 24.0 Å². The van der Waals surface area contributed by atoms with Gasteiger partial charge in [0.1, 0.15) is 13.2 Å². The Morgan fingerprint density at radius 2 is 1.22 bits per heavy atom. The van der Waals surface area contributed by atoms with E-state index in [1.54, 1.807) is 0 Å². The molecule has 4 heterocycles. The topological polar surface area (TPSA) is 68.3 Å². The number of rotatable bonds is 4. The minimum atomic E-state index is -0.0487. The van der Waals surface area contributed by atoms with Crippen LogP contribution in [-0.4, -0.2) is 86.4 Å². The molecule has 4 aliphatic heterocycles. The molecule has 4 atom stereocenters. The van der Waals surface area contributed by atoms with E-state index in [0.29, 0.717) is 25.0 Å². The summed E-state index contributed by atoms with van der Waals surface area (Å²) in [4.78, 5) is 29.1. The number of fused-ring (bicyclic) bond motifs is 2. The van der Waals surface area contributed by atoms with Gasteiger partial charge in [-0.1, -0.05) is 27.7 Å². The average Bonchev–Trinajstić information content (AvgIpc) is 3.32. The van der Waals surface area contributed by atoms with Gasteiger partial charge in [0.15, 0.2) is 0 Å². The second kappa shape index (κ2) is 6.71. The number of nitrogens with zero attached hydrogens (tertiary/aromatic N) is 2. The molecule has 0 N–H and O–H groups in total. The zero-order valence-corrected chi connectivity index (χ0v) is 16.9. The molecule has 4 saturated heterocycles. The van der Waals surface area contributed by atoms with E-state index in [2.05, 4.69) is 27.7 Å². The summed E-state index contributed by atoms with van der Waals surface area (Å²) in [6.07, 6.45) is 0. The fourth-order valence-corrected chi connectivity index (χ4v) is 5.48. The molecule has 0 radical (unpaired) electrons. The Balaban J connectivity index is 1.29. The highest BCUT2D eigenvalue weighted by atomic mass is 16.5. The molecule has 7 nitrogen and oxygen atoms in total. The Morgan fingerprint density at radius 3 is 1.63 bits per heavy atom. The van der Waals surface area contributed by atoms with Crippen LogP contribution in [0.2, 0.25) is 0 Å². The Bertz CT molecular complexity index is 567. The first-order valence-corrected chi connectivity index (χ1v) is 10.0. The minimum absolute atomic E-state index is 0.0438. The minimum Gasteiger partial charge on any atom is -0.379 e. The van der Waals surface area contributed by atoms with Crippen LogP contribution in [0.15, 0.2) is 0 Å². The van der Waals surface area contributed by atoms with Crippen LogP contribution in [0.5, 0.6) is 0 Å². The smallest absolute Gasteiger partial charge is 0.248 e. The zero-order chi connectivity index (χ0) is 19.4. The maximum absolute atomic E-state index is 12.7. The van der Waals surface area contributed by atoms with E-state index >= 15 is 0 Å². The quantitative estimate of drug-likeness (QED) is 0.721. The largest absolute Gasteiger partial charge is 0.379 e. The summed E-state index contributed by atoms with van der Waals surface area (Å²) in [6.45, 7) is 12.7. The third-order valence-corrected chi connectivity index (χ3v) is 7.16. The van der Waals surface area contributed by atoms with Gasteiger partial charge in [0.2, 0.25) is 11.8 Å². The number of carbonyl (C=O) groups excluding carboxylic acids is 2. The predicted molar refractivity (Wildman–Crippen MR) is 98.0 cm³/mol. The summed E-state index contributed by atoms with van der Waals surface area (Å²) in [5, 5.41) is 0. The highest BCUT2D eigenvalue weighted by Crippen LogP contribution is 2.44. The molecule has 0 aromatic heterocycles. The van der Waals surface area contributed by atoms with Gasteiger partial charge in [-0.3, -0.25) is 9.59 Å². The maximum atomic E-state index is 12.7. The summed E-state index contributed by atoms with van der Waals surface area (Å²) in [6, 6.07) is 0.283. The lowest BCUT2D eigenvalue weighted by Crippen LogP contribution is -2.42. The third kappa shape index (κ3) is 3.28. The molecule has 0 spiro atoms. The van der Waals surface area contributed by atoms with Gasteiger partial charge in [-0.05, 0) is 10.8 Å². The lowest BCUT2D eigenvalue weighted by Gasteiger charge is -2.25. The molecule has 4 fully saturated rings. The number of hydrogen-bond acceptors (Lipinski definition) is 5. The van der Waals surface area contributed by atoms with Crippen molar-refractivity contribution in [3.05, 3.63) is 0 Å². The van der Waals surface area contributed by atoms with Gasteiger partial charge in [-0.25, -0.2) is 0 Å². The highest BCUT2D eigenvalue weighted by Gasteiger charge is 2.52. The summed E-state index contributed by atoms with van der Waals surface area (Å²) in [5.41, 5.74) is 0.122. The van der Waals surface area contributed by atoms with Crippen molar-refractivity contribution < 1.29 is 23.8 Å². The van der Waals surface area contributed by atoms with Crippen molar-refractivity contribution in [3.8, 4) is 0 Å². The molecule has 0 unspecified atom stereocenters. The molecule has 27 heavy (non-hydrogen) atoms. The van der Waals surface area contributed by atoms with E-state index in [1.165, 1.54) is 0 Å². The van der Waals surface area contributed by atoms with Crippen molar-refractivity contribution in [2.24, 2.45) is 22.7 Å². The lowest BCUT2D eigenvalue weighted by molar-refractivity contribution is -0.143. The van der Waals surface area contributed by atoms with Crippen molar-refractivity contribution in [3.63, 3.8) is 0 Å². The molecule has 0 aromatic rings. The number of amides is 2. The molecule has 0 bridgehead atoms. The van der Waals surface area contributed by atoms with Gasteiger partial charge in [-0.2, -0.15) is 0 Å². The molecule has 4 rings (SSSR count). The van der Waals surface area contributed by atoms with Gasteiger partial charge >= 0.3 is 0 Å². The summed E-state index contributed by atoms with van der Waals surface area (Å²) in [5.74, 6) is 0.679. The first-order chi connectivity index (χ1) is 12.7. The molecular weight excluding hydrogens is 348 g/mol. The monoisotopic (exact) mass is 380 g/mol. The van der Waals surface area contributed by atoms with E-state index in [9.17, 15) is 9.59 Å². The Hall–Kier alpha value is -1.18. The SMILES string of the molecule is CC1(C)CN(C(=O)COCC(=O)N2CC(C)(C)[C@H]3COC[C@H]32)[C@H]2COC[C@H]21. The molecule has 0 saturated carbocycles. The number of ether oxygens (including phenoxy) is 3. The van der Waals surface area contributed by atoms with Crippen LogP contribution in [0.4, 0.5) is 0 Å².